The van der Waals surface area contributed by atoms with Crippen LogP contribution in [0.3, 0.4) is 0 Å². The van der Waals surface area contributed by atoms with Crippen LogP contribution in [0.4, 0.5) is 5.69 Å². The third-order valence-electron chi connectivity index (χ3n) is 5.11. The fourth-order valence-corrected chi connectivity index (χ4v) is 5.64. The van der Waals surface area contributed by atoms with Crippen molar-refractivity contribution >= 4 is 44.8 Å². The molecule has 0 aromatic heterocycles. The summed E-state index contributed by atoms with van der Waals surface area (Å²) < 4.78 is 28.0. The Bertz CT molecular complexity index is 972. The number of carbonyl (C=O) groups excluding carboxylic acids is 1. The number of anilines is 1. The standard InChI is InChI=1S/C21H24Cl2N2O3S/c1-15-7-10-18(11-8-15)29(27,28)25(17-5-3-2-4-6-17)14-21(26)24-20-12-9-16(22)13-19(20)23/h7-13,17H,2-6,14H2,1H3,(H,24,26). The van der Waals surface area contributed by atoms with Crippen LogP contribution in [0.25, 0.3) is 0 Å². The van der Waals surface area contributed by atoms with Gasteiger partial charge in [-0.3, -0.25) is 4.79 Å². The zero-order chi connectivity index (χ0) is 21.0. The molecule has 0 spiro atoms. The van der Waals surface area contributed by atoms with Gasteiger partial charge in [-0.05, 0) is 50.1 Å². The molecule has 1 N–H and O–H groups in total. The van der Waals surface area contributed by atoms with Gasteiger partial charge in [-0.1, -0.05) is 60.2 Å². The zero-order valence-electron chi connectivity index (χ0n) is 16.2. The molecule has 1 saturated carbocycles. The van der Waals surface area contributed by atoms with Crippen molar-refractivity contribution < 1.29 is 13.2 Å². The van der Waals surface area contributed by atoms with Gasteiger partial charge in [-0.15, -0.1) is 0 Å². The van der Waals surface area contributed by atoms with Crippen molar-refractivity contribution in [3.8, 4) is 0 Å². The predicted octanol–water partition coefficient (Wildman–Crippen LogP) is 5.26. The first-order valence-electron chi connectivity index (χ1n) is 9.61. The van der Waals surface area contributed by atoms with E-state index in [9.17, 15) is 13.2 Å². The topological polar surface area (TPSA) is 66.5 Å². The SMILES string of the molecule is Cc1ccc(S(=O)(=O)N(CC(=O)Nc2ccc(Cl)cc2Cl)C2CCCCC2)cc1. The lowest BCUT2D eigenvalue weighted by atomic mass is 9.95. The van der Waals surface area contributed by atoms with Crippen molar-refractivity contribution in [2.45, 2.75) is 50.0 Å². The summed E-state index contributed by atoms with van der Waals surface area (Å²) in [7, 11) is -3.80. The van der Waals surface area contributed by atoms with E-state index in [2.05, 4.69) is 5.32 Å². The number of nitrogens with one attached hydrogen (secondary N) is 1. The Labute approximate surface area is 182 Å². The molecule has 0 radical (unpaired) electrons. The highest BCUT2D eigenvalue weighted by Crippen LogP contribution is 2.29. The highest BCUT2D eigenvalue weighted by atomic mass is 35.5. The van der Waals surface area contributed by atoms with Gasteiger partial charge in [0.2, 0.25) is 15.9 Å². The summed E-state index contributed by atoms with van der Waals surface area (Å²) in [5.41, 5.74) is 1.38. The highest BCUT2D eigenvalue weighted by Gasteiger charge is 2.34. The largest absolute Gasteiger partial charge is 0.324 e. The fraction of sp³-hybridized carbons (Fsp3) is 0.381. The Hall–Kier alpha value is -1.60. The average molecular weight is 455 g/mol. The third-order valence-corrected chi connectivity index (χ3v) is 7.57. The Morgan fingerprint density at radius 2 is 1.72 bits per heavy atom. The van der Waals surface area contributed by atoms with Crippen LogP contribution in [0.1, 0.15) is 37.7 Å². The fourth-order valence-electron chi connectivity index (χ4n) is 3.55. The van der Waals surface area contributed by atoms with Gasteiger partial charge in [-0.2, -0.15) is 4.31 Å². The second kappa shape index (κ2) is 9.47. The Kier molecular flexibility index (Phi) is 7.22. The van der Waals surface area contributed by atoms with Crippen LogP contribution >= 0.6 is 23.2 Å². The number of amides is 1. The summed E-state index contributed by atoms with van der Waals surface area (Å²) >= 11 is 12.0. The summed E-state index contributed by atoms with van der Waals surface area (Å²) in [6, 6.07) is 11.3. The molecule has 1 fully saturated rings. The van der Waals surface area contributed by atoms with Crippen LogP contribution in [0.15, 0.2) is 47.4 Å². The number of halogens is 2. The average Bonchev–Trinajstić information content (AvgIpc) is 2.69. The van der Waals surface area contributed by atoms with Gasteiger partial charge in [0.15, 0.2) is 0 Å². The molecule has 0 atom stereocenters. The molecule has 156 valence electrons. The van der Waals surface area contributed by atoms with E-state index in [-0.39, 0.29) is 17.5 Å². The van der Waals surface area contributed by atoms with E-state index >= 15 is 0 Å². The van der Waals surface area contributed by atoms with E-state index in [1.54, 1.807) is 36.4 Å². The third kappa shape index (κ3) is 5.51. The van der Waals surface area contributed by atoms with Gasteiger partial charge < -0.3 is 5.32 Å². The van der Waals surface area contributed by atoms with E-state index in [4.69, 9.17) is 23.2 Å². The van der Waals surface area contributed by atoms with Crippen molar-refractivity contribution in [2.24, 2.45) is 0 Å². The minimum atomic E-state index is -3.80. The molecule has 0 unspecified atom stereocenters. The summed E-state index contributed by atoms with van der Waals surface area (Å²) in [5, 5.41) is 3.46. The molecule has 8 heteroatoms. The number of benzene rings is 2. The van der Waals surface area contributed by atoms with Crippen LogP contribution in [-0.2, 0) is 14.8 Å². The van der Waals surface area contributed by atoms with E-state index in [0.717, 1.165) is 37.7 Å². The summed E-state index contributed by atoms with van der Waals surface area (Å²) in [6.45, 7) is 1.64. The molecule has 0 saturated heterocycles. The maximum atomic E-state index is 13.3. The maximum Gasteiger partial charge on any atom is 0.243 e. The smallest absolute Gasteiger partial charge is 0.243 e. The normalized spacial score (nSPS) is 15.4. The van der Waals surface area contributed by atoms with Gasteiger partial charge in [0, 0.05) is 11.1 Å². The lowest BCUT2D eigenvalue weighted by Crippen LogP contribution is -2.45. The first-order valence-corrected chi connectivity index (χ1v) is 11.8. The van der Waals surface area contributed by atoms with Crippen molar-refractivity contribution in [1.29, 1.82) is 0 Å². The molecule has 1 amide bonds. The first-order chi connectivity index (χ1) is 13.8. The van der Waals surface area contributed by atoms with Crippen molar-refractivity contribution in [3.63, 3.8) is 0 Å². The molecule has 0 bridgehead atoms. The number of nitrogens with zero attached hydrogens (tertiary/aromatic N) is 1. The molecule has 0 heterocycles. The van der Waals surface area contributed by atoms with Crippen LogP contribution in [0.2, 0.25) is 10.0 Å². The molecule has 1 aliphatic rings. The Morgan fingerprint density at radius 1 is 1.07 bits per heavy atom. The van der Waals surface area contributed by atoms with Gasteiger partial charge in [-0.25, -0.2) is 8.42 Å². The van der Waals surface area contributed by atoms with Crippen molar-refractivity contribution in [2.75, 3.05) is 11.9 Å². The minimum Gasteiger partial charge on any atom is -0.324 e. The molecule has 0 aliphatic heterocycles. The molecule has 2 aromatic rings. The number of rotatable bonds is 6. The number of hydrogen-bond donors (Lipinski definition) is 1. The quantitative estimate of drug-likeness (QED) is 0.646. The van der Waals surface area contributed by atoms with Gasteiger partial charge >= 0.3 is 0 Å². The Morgan fingerprint density at radius 3 is 2.34 bits per heavy atom. The lowest BCUT2D eigenvalue weighted by molar-refractivity contribution is -0.116. The molecule has 5 nitrogen and oxygen atoms in total. The van der Waals surface area contributed by atoms with Gasteiger partial charge in [0.25, 0.3) is 0 Å². The van der Waals surface area contributed by atoms with Crippen molar-refractivity contribution in [1.82, 2.24) is 4.31 Å². The van der Waals surface area contributed by atoms with Crippen LogP contribution in [0.5, 0.6) is 0 Å². The molecular weight excluding hydrogens is 431 g/mol. The minimum absolute atomic E-state index is 0.193. The second-order valence-corrected chi connectivity index (χ2v) is 10.1. The molecule has 3 rings (SSSR count). The number of aryl methyl sites for hydroxylation is 1. The van der Waals surface area contributed by atoms with Crippen LogP contribution in [0, 0.1) is 6.92 Å². The maximum absolute atomic E-state index is 13.3. The number of carbonyl (C=O) groups is 1. The number of sulfonamides is 1. The predicted molar refractivity (Wildman–Crippen MR) is 117 cm³/mol. The van der Waals surface area contributed by atoms with E-state index in [0.29, 0.717) is 15.7 Å². The highest BCUT2D eigenvalue weighted by molar-refractivity contribution is 7.89. The van der Waals surface area contributed by atoms with Crippen LogP contribution in [-0.4, -0.2) is 31.2 Å². The summed E-state index contributed by atoms with van der Waals surface area (Å²) in [5.74, 6) is -0.435. The van der Waals surface area contributed by atoms with E-state index < -0.39 is 15.9 Å². The summed E-state index contributed by atoms with van der Waals surface area (Å²) in [6.07, 6.45) is 4.49. The van der Waals surface area contributed by atoms with E-state index in [1.165, 1.54) is 10.4 Å². The van der Waals surface area contributed by atoms with Crippen LogP contribution < -0.4 is 5.32 Å². The van der Waals surface area contributed by atoms with Crippen molar-refractivity contribution in [3.05, 3.63) is 58.1 Å². The van der Waals surface area contributed by atoms with Gasteiger partial charge in [0.05, 0.1) is 22.2 Å². The van der Waals surface area contributed by atoms with Gasteiger partial charge in [0.1, 0.15) is 0 Å². The monoisotopic (exact) mass is 454 g/mol. The lowest BCUT2D eigenvalue weighted by Gasteiger charge is -2.33. The first kappa shape index (κ1) is 22.1. The zero-order valence-corrected chi connectivity index (χ0v) is 18.5. The molecular formula is C21H24Cl2N2O3S. The summed E-state index contributed by atoms with van der Waals surface area (Å²) in [4.78, 5) is 12.9. The molecule has 1 aliphatic carbocycles. The molecule has 29 heavy (non-hydrogen) atoms. The Balaban J connectivity index is 1.85. The second-order valence-electron chi connectivity index (χ2n) is 7.33. The molecule has 2 aromatic carbocycles. The number of hydrogen-bond acceptors (Lipinski definition) is 3. The van der Waals surface area contributed by atoms with E-state index in [1.807, 2.05) is 6.92 Å².